The van der Waals surface area contributed by atoms with Crippen LogP contribution in [-0.4, -0.2) is 16.0 Å². The Hall–Kier alpha value is -3.18. The molecule has 0 aliphatic heterocycles. The largest absolute Gasteiger partial charge is 0.457 e. The molecule has 0 atom stereocenters. The van der Waals surface area contributed by atoms with E-state index in [1.54, 1.807) is 36.4 Å². The molecule has 0 bridgehead atoms. The molecule has 0 saturated carbocycles. The quantitative estimate of drug-likeness (QED) is 0.111. The number of carbonyl (C=O) groups is 1. The van der Waals surface area contributed by atoms with Gasteiger partial charge >= 0.3 is 0 Å². The monoisotopic (exact) mass is 673 g/mol. The number of oxazole rings is 1. The summed E-state index contributed by atoms with van der Waals surface area (Å²) in [4.78, 5) is 16.9. The zero-order chi connectivity index (χ0) is 26.8. The van der Waals surface area contributed by atoms with Crippen molar-refractivity contribution in [1.29, 1.82) is 0 Å². The summed E-state index contributed by atoms with van der Waals surface area (Å²) in [6, 6.07) is 20.3. The van der Waals surface area contributed by atoms with Crippen LogP contribution in [0.25, 0.3) is 40.0 Å². The molecule has 5 aromatic rings. The van der Waals surface area contributed by atoms with Crippen molar-refractivity contribution in [1.82, 2.24) is 10.3 Å². The van der Waals surface area contributed by atoms with Crippen molar-refractivity contribution < 1.29 is 13.6 Å². The highest BCUT2D eigenvalue weighted by atomic mass is 127. The Kier molecular flexibility index (Phi) is 7.85. The minimum absolute atomic E-state index is 0.137. The molecule has 2 heterocycles. The van der Waals surface area contributed by atoms with Gasteiger partial charge in [0.1, 0.15) is 17.0 Å². The van der Waals surface area contributed by atoms with Crippen LogP contribution >= 0.6 is 58.0 Å². The lowest BCUT2D eigenvalue weighted by atomic mass is 10.1. The summed E-state index contributed by atoms with van der Waals surface area (Å²) in [6.07, 6.45) is 2.91. The first-order valence-electron chi connectivity index (χ1n) is 11.3. The van der Waals surface area contributed by atoms with E-state index in [1.807, 2.05) is 43.3 Å². The van der Waals surface area contributed by atoms with Crippen molar-refractivity contribution >= 4 is 91.9 Å². The van der Waals surface area contributed by atoms with Crippen molar-refractivity contribution in [2.24, 2.45) is 0 Å². The van der Waals surface area contributed by atoms with E-state index in [2.05, 4.69) is 38.2 Å². The molecular formula is C28H18Cl2IN3O3S. The second-order valence-electron chi connectivity index (χ2n) is 8.27. The fourth-order valence-electron chi connectivity index (χ4n) is 3.60. The first-order valence-corrected chi connectivity index (χ1v) is 13.5. The second-order valence-corrected chi connectivity index (χ2v) is 10.7. The predicted octanol–water partition coefficient (Wildman–Crippen LogP) is 8.50. The van der Waals surface area contributed by atoms with Crippen LogP contribution in [0.1, 0.15) is 11.3 Å². The molecule has 3 aromatic carbocycles. The number of nitrogens with one attached hydrogen (secondary N) is 2. The summed E-state index contributed by atoms with van der Waals surface area (Å²) < 4.78 is 12.7. The number of hydrogen-bond acceptors (Lipinski definition) is 5. The minimum Gasteiger partial charge on any atom is -0.457 e. The fourth-order valence-corrected chi connectivity index (χ4v) is 4.69. The zero-order valence-corrected chi connectivity index (χ0v) is 24.2. The number of rotatable bonds is 5. The van der Waals surface area contributed by atoms with E-state index in [4.69, 9.17) is 44.3 Å². The lowest BCUT2D eigenvalue weighted by Gasteiger charge is -2.07. The van der Waals surface area contributed by atoms with Gasteiger partial charge in [0.05, 0.1) is 10.6 Å². The molecule has 0 aliphatic rings. The van der Waals surface area contributed by atoms with E-state index in [-0.39, 0.29) is 5.11 Å². The number of halogens is 3. The number of nitrogens with zero attached hydrogens (tertiary/aromatic N) is 1. The van der Waals surface area contributed by atoms with Crippen LogP contribution in [0.15, 0.2) is 81.6 Å². The number of carbonyl (C=O) groups excluding carboxylic acids is 1. The normalized spacial score (nSPS) is 11.3. The van der Waals surface area contributed by atoms with Gasteiger partial charge in [-0.15, -0.1) is 0 Å². The number of aryl methyl sites for hydroxylation is 1. The number of anilines is 1. The number of fused-ring (bicyclic) bond motifs is 1. The Morgan fingerprint density at radius 2 is 1.84 bits per heavy atom. The second kappa shape index (κ2) is 11.3. The number of furan rings is 1. The summed E-state index contributed by atoms with van der Waals surface area (Å²) in [5, 5.41) is 6.96. The SMILES string of the molecule is Cc1ccc(-c2ccc(/C=C/C(=O)NC(=S)Nc3ccc4oc(-c5cc(I)ccc5Cl)nc4c3)o2)cc1Cl. The number of amides is 1. The topological polar surface area (TPSA) is 80.3 Å². The molecule has 190 valence electrons. The molecule has 0 saturated heterocycles. The smallest absolute Gasteiger partial charge is 0.250 e. The van der Waals surface area contributed by atoms with E-state index in [1.165, 1.54) is 6.08 Å². The molecule has 0 radical (unpaired) electrons. The highest BCUT2D eigenvalue weighted by molar-refractivity contribution is 14.1. The van der Waals surface area contributed by atoms with Gasteiger partial charge in [0, 0.05) is 25.9 Å². The van der Waals surface area contributed by atoms with E-state index in [0.29, 0.717) is 49.8 Å². The average molecular weight is 674 g/mol. The number of thiocarbonyl (C=S) groups is 1. The lowest BCUT2D eigenvalue weighted by Crippen LogP contribution is -2.32. The van der Waals surface area contributed by atoms with Gasteiger partial charge in [0.25, 0.3) is 0 Å². The highest BCUT2D eigenvalue weighted by Crippen LogP contribution is 2.32. The van der Waals surface area contributed by atoms with Gasteiger partial charge in [-0.25, -0.2) is 4.98 Å². The summed E-state index contributed by atoms with van der Waals surface area (Å²) in [6.45, 7) is 1.94. The van der Waals surface area contributed by atoms with Crippen LogP contribution < -0.4 is 10.6 Å². The molecule has 2 aromatic heterocycles. The van der Waals surface area contributed by atoms with Crippen LogP contribution in [0.4, 0.5) is 5.69 Å². The molecule has 0 spiro atoms. The fraction of sp³-hybridized carbons (Fsp3) is 0.0357. The van der Waals surface area contributed by atoms with Crippen LogP contribution in [0.5, 0.6) is 0 Å². The van der Waals surface area contributed by atoms with Gasteiger partial charge in [-0.05, 0) is 108 Å². The van der Waals surface area contributed by atoms with Crippen molar-refractivity contribution in [3.8, 4) is 22.8 Å². The van der Waals surface area contributed by atoms with Gasteiger partial charge in [0.2, 0.25) is 11.8 Å². The molecule has 2 N–H and O–H groups in total. The van der Waals surface area contributed by atoms with E-state index >= 15 is 0 Å². The third-order valence-electron chi connectivity index (χ3n) is 5.52. The van der Waals surface area contributed by atoms with Gasteiger partial charge in [-0.1, -0.05) is 35.3 Å². The third kappa shape index (κ3) is 6.10. The maximum absolute atomic E-state index is 12.4. The van der Waals surface area contributed by atoms with E-state index in [0.717, 1.165) is 14.7 Å². The molecule has 38 heavy (non-hydrogen) atoms. The molecule has 6 nitrogen and oxygen atoms in total. The maximum atomic E-state index is 12.4. The standard InChI is InChI=1S/C28H18Cl2IN3O3S/c1-15-2-3-16(12-22(15)30)24-10-6-19(36-24)7-11-26(35)34-28(38)32-18-5-9-25-23(14-18)33-27(37-25)20-13-17(31)4-8-21(20)29/h2-14H,1H3,(H2,32,34,35,38)/b11-7+. The first kappa shape index (κ1) is 26.4. The van der Waals surface area contributed by atoms with Gasteiger partial charge in [0.15, 0.2) is 10.7 Å². The Bertz CT molecular complexity index is 1730. The van der Waals surface area contributed by atoms with Crippen molar-refractivity contribution in [3.05, 3.63) is 97.7 Å². The minimum atomic E-state index is -0.406. The third-order valence-corrected chi connectivity index (χ3v) is 7.13. The summed E-state index contributed by atoms with van der Waals surface area (Å²) in [7, 11) is 0. The van der Waals surface area contributed by atoms with Crippen LogP contribution in [0.2, 0.25) is 10.0 Å². The first-order chi connectivity index (χ1) is 18.2. The van der Waals surface area contributed by atoms with Crippen LogP contribution in [0, 0.1) is 10.5 Å². The molecule has 5 rings (SSSR count). The molecule has 1 amide bonds. The van der Waals surface area contributed by atoms with Crippen LogP contribution in [-0.2, 0) is 4.79 Å². The predicted molar refractivity (Wildman–Crippen MR) is 164 cm³/mol. The number of hydrogen-bond donors (Lipinski definition) is 2. The summed E-state index contributed by atoms with van der Waals surface area (Å²) in [5.74, 6) is 1.19. The van der Waals surface area contributed by atoms with Crippen molar-refractivity contribution in [2.45, 2.75) is 6.92 Å². The molecule has 10 heteroatoms. The van der Waals surface area contributed by atoms with Crippen LogP contribution in [0.3, 0.4) is 0 Å². The lowest BCUT2D eigenvalue weighted by molar-refractivity contribution is -0.115. The molecule has 0 fully saturated rings. The summed E-state index contributed by atoms with van der Waals surface area (Å²) in [5.41, 5.74) is 4.42. The van der Waals surface area contributed by atoms with Gasteiger partial charge < -0.3 is 14.2 Å². The highest BCUT2D eigenvalue weighted by Gasteiger charge is 2.13. The van der Waals surface area contributed by atoms with Gasteiger partial charge in [-0.2, -0.15) is 0 Å². The molecule has 0 unspecified atom stereocenters. The molecule has 0 aliphatic carbocycles. The van der Waals surface area contributed by atoms with Gasteiger partial charge in [-0.3, -0.25) is 10.1 Å². The summed E-state index contributed by atoms with van der Waals surface area (Å²) >= 11 is 20.0. The average Bonchev–Trinajstić information content (AvgIpc) is 3.53. The Labute approximate surface area is 247 Å². The van der Waals surface area contributed by atoms with Crippen molar-refractivity contribution in [2.75, 3.05) is 5.32 Å². The number of benzene rings is 3. The maximum Gasteiger partial charge on any atom is 0.250 e. The molecular weight excluding hydrogens is 656 g/mol. The Balaban J connectivity index is 1.21. The Morgan fingerprint density at radius 3 is 2.66 bits per heavy atom. The number of aromatic nitrogens is 1. The van der Waals surface area contributed by atoms with E-state index < -0.39 is 5.91 Å². The zero-order valence-electron chi connectivity index (χ0n) is 19.7. The Morgan fingerprint density at radius 1 is 1.00 bits per heavy atom. The van der Waals surface area contributed by atoms with Crippen molar-refractivity contribution in [3.63, 3.8) is 0 Å². The van der Waals surface area contributed by atoms with E-state index in [9.17, 15) is 4.79 Å².